The maximum Gasteiger partial charge on any atom is 0.261 e. The summed E-state index contributed by atoms with van der Waals surface area (Å²) in [6.07, 6.45) is 6.71. The van der Waals surface area contributed by atoms with Crippen LogP contribution in [0, 0.1) is 6.92 Å². The van der Waals surface area contributed by atoms with Crippen molar-refractivity contribution in [3.05, 3.63) is 35.9 Å². The van der Waals surface area contributed by atoms with E-state index in [2.05, 4.69) is 25.2 Å². The van der Waals surface area contributed by atoms with Crippen LogP contribution >= 0.6 is 0 Å². The standard InChI is InChI=1S/C16H20N6O/c1-11-19-10-12(14(17)20-11)16(23)21-13-6-5-7-18-15(13)22-8-3-2-4-9-22/h5-7,10H,2-4,8-9H2,1H3,(H,21,23)(H2,17,19,20). The van der Waals surface area contributed by atoms with E-state index in [0.717, 1.165) is 31.7 Å². The van der Waals surface area contributed by atoms with Gasteiger partial charge in [-0.05, 0) is 38.3 Å². The van der Waals surface area contributed by atoms with Gasteiger partial charge >= 0.3 is 0 Å². The molecule has 0 atom stereocenters. The zero-order chi connectivity index (χ0) is 16.2. The molecule has 0 aromatic carbocycles. The van der Waals surface area contributed by atoms with Gasteiger partial charge < -0.3 is 16.0 Å². The van der Waals surface area contributed by atoms with E-state index in [1.54, 1.807) is 19.2 Å². The molecule has 1 aliphatic heterocycles. The first-order chi connectivity index (χ1) is 11.1. The third-order valence-corrected chi connectivity index (χ3v) is 3.87. The molecule has 1 aliphatic rings. The fraction of sp³-hybridized carbons (Fsp3) is 0.375. The van der Waals surface area contributed by atoms with Gasteiger partial charge in [0.1, 0.15) is 17.2 Å². The maximum atomic E-state index is 12.5. The third-order valence-electron chi connectivity index (χ3n) is 3.87. The van der Waals surface area contributed by atoms with Crippen LogP contribution in [0.5, 0.6) is 0 Å². The van der Waals surface area contributed by atoms with Crippen molar-refractivity contribution < 1.29 is 4.79 Å². The van der Waals surface area contributed by atoms with E-state index >= 15 is 0 Å². The Hall–Kier alpha value is -2.70. The lowest BCUT2D eigenvalue weighted by Crippen LogP contribution is -2.31. The zero-order valence-corrected chi connectivity index (χ0v) is 13.1. The molecule has 2 aromatic rings. The zero-order valence-electron chi connectivity index (χ0n) is 13.1. The average Bonchev–Trinajstić information content (AvgIpc) is 2.56. The Bertz CT molecular complexity index is 711. The molecule has 1 amide bonds. The molecule has 7 nitrogen and oxygen atoms in total. The largest absolute Gasteiger partial charge is 0.383 e. The minimum absolute atomic E-state index is 0.179. The number of nitrogens with zero attached hydrogens (tertiary/aromatic N) is 4. The normalized spacial score (nSPS) is 14.6. The molecule has 7 heteroatoms. The second kappa shape index (κ2) is 6.60. The van der Waals surface area contributed by atoms with Crippen LogP contribution in [0.3, 0.4) is 0 Å². The van der Waals surface area contributed by atoms with Crippen LogP contribution in [0.15, 0.2) is 24.5 Å². The molecule has 3 rings (SSSR count). The highest BCUT2D eigenvalue weighted by atomic mass is 16.1. The second-order valence-corrected chi connectivity index (χ2v) is 5.59. The van der Waals surface area contributed by atoms with Gasteiger partial charge in [-0.15, -0.1) is 0 Å². The Morgan fingerprint density at radius 3 is 2.78 bits per heavy atom. The Balaban J connectivity index is 1.83. The van der Waals surface area contributed by atoms with E-state index in [9.17, 15) is 4.79 Å². The SMILES string of the molecule is Cc1ncc(C(=O)Nc2cccnc2N2CCCCC2)c(N)n1. The molecular formula is C16H20N6O. The highest BCUT2D eigenvalue weighted by Crippen LogP contribution is 2.26. The van der Waals surface area contributed by atoms with Crippen molar-refractivity contribution in [2.24, 2.45) is 0 Å². The summed E-state index contributed by atoms with van der Waals surface area (Å²) in [7, 11) is 0. The van der Waals surface area contributed by atoms with Crippen molar-refractivity contribution in [2.75, 3.05) is 29.0 Å². The maximum absolute atomic E-state index is 12.5. The summed E-state index contributed by atoms with van der Waals surface area (Å²) in [5.74, 6) is 1.19. The van der Waals surface area contributed by atoms with E-state index in [1.807, 2.05) is 6.07 Å². The van der Waals surface area contributed by atoms with E-state index in [-0.39, 0.29) is 17.3 Å². The Morgan fingerprint density at radius 2 is 2.04 bits per heavy atom. The number of anilines is 3. The van der Waals surface area contributed by atoms with E-state index in [1.165, 1.54) is 12.6 Å². The number of carbonyl (C=O) groups is 1. The number of hydrogen-bond donors (Lipinski definition) is 2. The first-order valence-electron chi connectivity index (χ1n) is 7.75. The van der Waals surface area contributed by atoms with Crippen molar-refractivity contribution in [2.45, 2.75) is 26.2 Å². The van der Waals surface area contributed by atoms with Gasteiger partial charge in [0.2, 0.25) is 0 Å². The van der Waals surface area contributed by atoms with Gasteiger partial charge in [-0.2, -0.15) is 0 Å². The summed E-state index contributed by atoms with van der Waals surface area (Å²) in [5.41, 5.74) is 6.77. The first-order valence-corrected chi connectivity index (χ1v) is 7.75. The van der Waals surface area contributed by atoms with Crippen LogP contribution < -0.4 is 16.0 Å². The number of piperidine rings is 1. The number of aryl methyl sites for hydroxylation is 1. The molecule has 1 saturated heterocycles. The van der Waals surface area contributed by atoms with Crippen molar-refractivity contribution >= 4 is 23.2 Å². The van der Waals surface area contributed by atoms with Crippen molar-refractivity contribution in [1.29, 1.82) is 0 Å². The molecule has 0 spiro atoms. The van der Waals surface area contributed by atoms with E-state index in [4.69, 9.17) is 5.73 Å². The quantitative estimate of drug-likeness (QED) is 0.899. The topological polar surface area (TPSA) is 97.0 Å². The molecule has 2 aromatic heterocycles. The number of nitrogens with one attached hydrogen (secondary N) is 1. The van der Waals surface area contributed by atoms with Gasteiger partial charge in [0.15, 0.2) is 5.82 Å². The number of pyridine rings is 1. The van der Waals surface area contributed by atoms with Gasteiger partial charge in [-0.25, -0.2) is 15.0 Å². The molecule has 3 N–H and O–H groups in total. The number of hydrogen-bond acceptors (Lipinski definition) is 6. The highest BCUT2D eigenvalue weighted by Gasteiger charge is 2.18. The minimum Gasteiger partial charge on any atom is -0.383 e. The average molecular weight is 312 g/mol. The van der Waals surface area contributed by atoms with Crippen LogP contribution in [0.4, 0.5) is 17.3 Å². The monoisotopic (exact) mass is 312 g/mol. The molecule has 0 saturated carbocycles. The van der Waals surface area contributed by atoms with Gasteiger partial charge in [-0.1, -0.05) is 0 Å². The molecule has 120 valence electrons. The van der Waals surface area contributed by atoms with Crippen LogP contribution in [-0.2, 0) is 0 Å². The third kappa shape index (κ3) is 3.39. The molecule has 0 radical (unpaired) electrons. The van der Waals surface area contributed by atoms with E-state index < -0.39 is 0 Å². The molecule has 3 heterocycles. The van der Waals surface area contributed by atoms with Crippen molar-refractivity contribution in [1.82, 2.24) is 15.0 Å². The lowest BCUT2D eigenvalue weighted by Gasteiger charge is -2.29. The van der Waals surface area contributed by atoms with Gasteiger partial charge in [-0.3, -0.25) is 4.79 Å². The number of rotatable bonds is 3. The fourth-order valence-electron chi connectivity index (χ4n) is 2.70. The summed E-state index contributed by atoms with van der Waals surface area (Å²) in [6.45, 7) is 3.64. The van der Waals surface area contributed by atoms with Gasteiger partial charge in [0.05, 0.1) is 5.69 Å². The number of nitrogens with two attached hydrogens (primary N) is 1. The van der Waals surface area contributed by atoms with Gasteiger partial charge in [0, 0.05) is 25.5 Å². The second-order valence-electron chi connectivity index (χ2n) is 5.59. The summed E-state index contributed by atoms with van der Waals surface area (Å²) < 4.78 is 0. The molecule has 0 bridgehead atoms. The summed E-state index contributed by atoms with van der Waals surface area (Å²) in [5, 5.41) is 2.88. The molecule has 0 aliphatic carbocycles. The van der Waals surface area contributed by atoms with Crippen molar-refractivity contribution in [3.8, 4) is 0 Å². The Kier molecular flexibility index (Phi) is 4.36. The summed E-state index contributed by atoms with van der Waals surface area (Å²) in [4.78, 5) is 27.2. The molecule has 0 unspecified atom stereocenters. The summed E-state index contributed by atoms with van der Waals surface area (Å²) in [6, 6.07) is 3.65. The van der Waals surface area contributed by atoms with E-state index in [0.29, 0.717) is 11.5 Å². The number of amides is 1. The lowest BCUT2D eigenvalue weighted by atomic mass is 10.1. The Morgan fingerprint density at radius 1 is 1.26 bits per heavy atom. The minimum atomic E-state index is -0.325. The van der Waals surface area contributed by atoms with Crippen LogP contribution in [0.2, 0.25) is 0 Å². The molecule has 23 heavy (non-hydrogen) atoms. The van der Waals surface area contributed by atoms with Gasteiger partial charge in [0.25, 0.3) is 5.91 Å². The van der Waals surface area contributed by atoms with Crippen LogP contribution in [0.25, 0.3) is 0 Å². The number of carbonyl (C=O) groups excluding carboxylic acids is 1. The fourth-order valence-corrected chi connectivity index (χ4v) is 2.70. The van der Waals surface area contributed by atoms with Crippen LogP contribution in [-0.4, -0.2) is 33.9 Å². The predicted octanol–water partition coefficient (Wildman–Crippen LogP) is 2.00. The van der Waals surface area contributed by atoms with Crippen LogP contribution in [0.1, 0.15) is 35.4 Å². The predicted molar refractivity (Wildman–Crippen MR) is 89.4 cm³/mol. The first kappa shape index (κ1) is 15.2. The Labute approximate surface area is 135 Å². The molecular weight excluding hydrogens is 292 g/mol. The molecule has 1 fully saturated rings. The number of nitrogen functional groups attached to an aromatic ring is 1. The van der Waals surface area contributed by atoms with Crippen molar-refractivity contribution in [3.63, 3.8) is 0 Å². The summed E-state index contributed by atoms with van der Waals surface area (Å²) >= 11 is 0. The lowest BCUT2D eigenvalue weighted by molar-refractivity contribution is 0.102. The number of aromatic nitrogens is 3. The highest BCUT2D eigenvalue weighted by molar-refractivity contribution is 6.08. The smallest absolute Gasteiger partial charge is 0.261 e.